The molecule has 1 aromatic rings. The van der Waals surface area contributed by atoms with Gasteiger partial charge >= 0.3 is 0 Å². The molecule has 2 unspecified atom stereocenters. The molecule has 1 aromatic heterocycles. The number of aliphatic hydroxyl groups is 1. The zero-order chi connectivity index (χ0) is 12.8. The quantitative estimate of drug-likeness (QED) is 0.842. The average molecular weight is 250 g/mol. The summed E-state index contributed by atoms with van der Waals surface area (Å²) in [4.78, 5) is 4.37. The normalized spacial score (nSPS) is 23.7. The van der Waals surface area contributed by atoms with E-state index in [0.717, 1.165) is 31.6 Å². The van der Waals surface area contributed by atoms with E-state index in [0.29, 0.717) is 18.4 Å². The fourth-order valence-electron chi connectivity index (χ4n) is 2.44. The van der Waals surface area contributed by atoms with Crippen molar-refractivity contribution in [2.45, 2.75) is 38.7 Å². The Labute approximate surface area is 108 Å². The molecule has 18 heavy (non-hydrogen) atoms. The topological polar surface area (TPSA) is 54.4 Å². The third-order valence-electron chi connectivity index (χ3n) is 3.34. The van der Waals surface area contributed by atoms with Crippen LogP contribution in [0.15, 0.2) is 18.2 Å². The molecule has 1 aliphatic rings. The van der Waals surface area contributed by atoms with Crippen molar-refractivity contribution in [2.75, 3.05) is 18.5 Å². The smallest absolute Gasteiger partial charge is 0.215 e. The molecule has 0 radical (unpaired) electrons. The highest BCUT2D eigenvalue weighted by atomic mass is 16.5. The number of anilines is 1. The number of hydrogen-bond acceptors (Lipinski definition) is 4. The molecule has 2 atom stereocenters. The largest absolute Gasteiger partial charge is 0.478 e. The van der Waals surface area contributed by atoms with E-state index in [-0.39, 0.29) is 6.10 Å². The highest BCUT2D eigenvalue weighted by molar-refractivity contribution is 5.37. The minimum absolute atomic E-state index is 0.117. The van der Waals surface area contributed by atoms with Crippen molar-refractivity contribution >= 4 is 5.82 Å². The minimum Gasteiger partial charge on any atom is -0.478 e. The number of pyridine rings is 1. The number of rotatable bonds is 5. The summed E-state index contributed by atoms with van der Waals surface area (Å²) < 4.78 is 5.36. The fourth-order valence-corrected chi connectivity index (χ4v) is 2.44. The van der Waals surface area contributed by atoms with E-state index < -0.39 is 0 Å². The van der Waals surface area contributed by atoms with E-state index in [9.17, 15) is 5.11 Å². The number of hydrogen-bond donors (Lipinski definition) is 2. The Morgan fingerprint density at radius 3 is 3.11 bits per heavy atom. The van der Waals surface area contributed by atoms with E-state index >= 15 is 0 Å². The molecule has 0 amide bonds. The molecule has 100 valence electrons. The van der Waals surface area contributed by atoms with Crippen LogP contribution in [0.25, 0.3) is 0 Å². The molecule has 1 fully saturated rings. The van der Waals surface area contributed by atoms with Gasteiger partial charge in [0.15, 0.2) is 0 Å². The molecule has 0 spiro atoms. The van der Waals surface area contributed by atoms with Gasteiger partial charge in [0.1, 0.15) is 5.82 Å². The second-order valence-corrected chi connectivity index (χ2v) is 4.86. The van der Waals surface area contributed by atoms with Crippen molar-refractivity contribution in [1.82, 2.24) is 4.98 Å². The van der Waals surface area contributed by atoms with E-state index in [2.05, 4.69) is 10.3 Å². The number of aromatic nitrogens is 1. The second kappa shape index (κ2) is 6.59. The number of nitrogens with one attached hydrogen (secondary N) is 1. The third-order valence-corrected chi connectivity index (χ3v) is 3.34. The standard InChI is InChI=1S/C14H22N2O2/c1-2-18-14-8-4-7-13(16-14)15-10-11-5-3-6-12(17)9-11/h4,7-8,11-12,17H,2-3,5-6,9-10H2,1H3,(H,15,16). The van der Waals surface area contributed by atoms with Crippen LogP contribution >= 0.6 is 0 Å². The first-order valence-corrected chi connectivity index (χ1v) is 6.79. The Kier molecular flexibility index (Phi) is 4.81. The Bertz CT molecular complexity index is 371. The van der Waals surface area contributed by atoms with Crippen LogP contribution in [0.5, 0.6) is 5.88 Å². The summed E-state index contributed by atoms with van der Waals surface area (Å²) in [5, 5.41) is 13.0. The first-order chi connectivity index (χ1) is 8.78. The molecular formula is C14H22N2O2. The molecule has 4 nitrogen and oxygen atoms in total. The Balaban J connectivity index is 1.83. The van der Waals surface area contributed by atoms with Gasteiger partial charge in [0, 0.05) is 12.6 Å². The highest BCUT2D eigenvalue weighted by Crippen LogP contribution is 2.24. The van der Waals surface area contributed by atoms with Crippen LogP contribution < -0.4 is 10.1 Å². The third kappa shape index (κ3) is 3.88. The van der Waals surface area contributed by atoms with E-state index in [1.165, 1.54) is 6.42 Å². The maximum atomic E-state index is 9.63. The van der Waals surface area contributed by atoms with E-state index in [4.69, 9.17) is 4.74 Å². The van der Waals surface area contributed by atoms with Gasteiger partial charge in [-0.25, -0.2) is 0 Å². The predicted molar refractivity (Wildman–Crippen MR) is 71.9 cm³/mol. The van der Waals surface area contributed by atoms with Gasteiger partial charge in [-0.15, -0.1) is 0 Å². The van der Waals surface area contributed by atoms with Gasteiger partial charge in [-0.05, 0) is 38.2 Å². The fraction of sp³-hybridized carbons (Fsp3) is 0.643. The second-order valence-electron chi connectivity index (χ2n) is 4.86. The molecule has 0 bridgehead atoms. The van der Waals surface area contributed by atoms with Crippen LogP contribution in [-0.2, 0) is 0 Å². The van der Waals surface area contributed by atoms with Gasteiger partial charge in [-0.3, -0.25) is 0 Å². The maximum absolute atomic E-state index is 9.63. The average Bonchev–Trinajstić information content (AvgIpc) is 2.37. The zero-order valence-electron chi connectivity index (χ0n) is 10.9. The van der Waals surface area contributed by atoms with Crippen molar-refractivity contribution in [2.24, 2.45) is 5.92 Å². The molecule has 0 aromatic carbocycles. The molecule has 2 N–H and O–H groups in total. The van der Waals surface area contributed by atoms with Crippen LogP contribution in [0.3, 0.4) is 0 Å². The van der Waals surface area contributed by atoms with Crippen LogP contribution in [-0.4, -0.2) is 29.3 Å². The SMILES string of the molecule is CCOc1cccc(NCC2CCCC(O)C2)n1. The Hall–Kier alpha value is -1.29. The lowest BCUT2D eigenvalue weighted by molar-refractivity contribution is 0.104. The van der Waals surface area contributed by atoms with Gasteiger partial charge in [-0.1, -0.05) is 12.5 Å². The number of aliphatic hydroxyl groups excluding tert-OH is 1. The maximum Gasteiger partial charge on any atom is 0.215 e. The summed E-state index contributed by atoms with van der Waals surface area (Å²) in [5.74, 6) is 2.05. The number of nitrogens with zero attached hydrogens (tertiary/aromatic N) is 1. The van der Waals surface area contributed by atoms with Gasteiger partial charge in [0.2, 0.25) is 5.88 Å². The summed E-state index contributed by atoms with van der Waals surface area (Å²) in [7, 11) is 0. The lowest BCUT2D eigenvalue weighted by Gasteiger charge is -2.26. The molecule has 4 heteroatoms. The molecule has 1 aliphatic carbocycles. The van der Waals surface area contributed by atoms with Gasteiger partial charge in [-0.2, -0.15) is 4.98 Å². The molecule has 2 rings (SSSR count). The van der Waals surface area contributed by atoms with Crippen LogP contribution in [0.4, 0.5) is 5.82 Å². The van der Waals surface area contributed by atoms with Gasteiger partial charge in [0.05, 0.1) is 12.7 Å². The Morgan fingerprint density at radius 2 is 2.33 bits per heavy atom. The summed E-state index contributed by atoms with van der Waals surface area (Å²) in [6.45, 7) is 3.45. The summed E-state index contributed by atoms with van der Waals surface area (Å²) >= 11 is 0. The summed E-state index contributed by atoms with van der Waals surface area (Å²) in [6.07, 6.45) is 4.05. The van der Waals surface area contributed by atoms with Gasteiger partial charge < -0.3 is 15.2 Å². The molecule has 1 saturated carbocycles. The van der Waals surface area contributed by atoms with Crippen molar-refractivity contribution in [3.8, 4) is 5.88 Å². The molecular weight excluding hydrogens is 228 g/mol. The van der Waals surface area contributed by atoms with Gasteiger partial charge in [0.25, 0.3) is 0 Å². The minimum atomic E-state index is -0.117. The molecule has 0 saturated heterocycles. The highest BCUT2D eigenvalue weighted by Gasteiger charge is 2.19. The first kappa shape index (κ1) is 13.1. The summed E-state index contributed by atoms with van der Waals surface area (Å²) in [6, 6.07) is 5.75. The molecule has 0 aliphatic heterocycles. The number of ether oxygens (including phenoxy) is 1. The van der Waals surface area contributed by atoms with Crippen LogP contribution in [0.1, 0.15) is 32.6 Å². The van der Waals surface area contributed by atoms with E-state index in [1.807, 2.05) is 25.1 Å². The Morgan fingerprint density at radius 1 is 1.44 bits per heavy atom. The lowest BCUT2D eigenvalue weighted by Crippen LogP contribution is -2.25. The predicted octanol–water partition coefficient (Wildman–Crippen LogP) is 2.44. The first-order valence-electron chi connectivity index (χ1n) is 6.79. The van der Waals surface area contributed by atoms with Crippen molar-refractivity contribution in [3.63, 3.8) is 0 Å². The zero-order valence-corrected chi connectivity index (χ0v) is 10.9. The van der Waals surface area contributed by atoms with Crippen molar-refractivity contribution in [3.05, 3.63) is 18.2 Å². The van der Waals surface area contributed by atoms with Crippen molar-refractivity contribution in [1.29, 1.82) is 0 Å². The monoisotopic (exact) mass is 250 g/mol. The summed E-state index contributed by atoms with van der Waals surface area (Å²) in [5.41, 5.74) is 0. The van der Waals surface area contributed by atoms with Crippen LogP contribution in [0.2, 0.25) is 0 Å². The van der Waals surface area contributed by atoms with Crippen molar-refractivity contribution < 1.29 is 9.84 Å². The molecule has 1 heterocycles. The van der Waals surface area contributed by atoms with Crippen LogP contribution in [0, 0.1) is 5.92 Å². The lowest BCUT2D eigenvalue weighted by atomic mass is 9.87. The van der Waals surface area contributed by atoms with E-state index in [1.54, 1.807) is 0 Å².